The highest BCUT2D eigenvalue weighted by atomic mass is 16.1. The van der Waals surface area contributed by atoms with Gasteiger partial charge in [-0.15, -0.1) is 0 Å². The smallest absolute Gasteiger partial charge is 0.227 e. The van der Waals surface area contributed by atoms with Gasteiger partial charge in [0, 0.05) is 24.5 Å². The molecule has 0 unspecified atom stereocenters. The molecule has 0 bridgehead atoms. The van der Waals surface area contributed by atoms with Crippen LogP contribution in [0, 0.1) is 11.8 Å². The van der Waals surface area contributed by atoms with E-state index in [1.165, 1.54) is 0 Å². The number of hydrogen-bond donors (Lipinski definition) is 2. The molecular formula is C15H19N5O. The lowest BCUT2D eigenvalue weighted by molar-refractivity contribution is -0.120. The van der Waals surface area contributed by atoms with Gasteiger partial charge < -0.3 is 15.6 Å². The maximum absolute atomic E-state index is 12.5. The fourth-order valence-electron chi connectivity index (χ4n) is 3.00. The predicted octanol–water partition coefficient (Wildman–Crippen LogP) is 1.58. The maximum Gasteiger partial charge on any atom is 0.227 e. The molecule has 3 rings (SSSR count). The lowest BCUT2D eigenvalue weighted by Gasteiger charge is -2.18. The number of amides is 1. The van der Waals surface area contributed by atoms with Crippen LogP contribution in [0.4, 0.5) is 5.69 Å². The standard InChI is InChI=1S/C15H19N5O/c16-8-11-2-1-3-12(11)15(21)19-13-9-17-5-4-14(13)20-7-6-18-10-20/h4-7,9-12H,1-3,8,16H2,(H,19,21)/t11-,12-/m1/s1. The number of rotatable bonds is 4. The molecule has 2 heterocycles. The summed E-state index contributed by atoms with van der Waals surface area (Å²) in [5.74, 6) is 0.335. The first kappa shape index (κ1) is 13.8. The van der Waals surface area contributed by atoms with Gasteiger partial charge in [-0.3, -0.25) is 9.78 Å². The van der Waals surface area contributed by atoms with Gasteiger partial charge in [-0.2, -0.15) is 0 Å². The predicted molar refractivity (Wildman–Crippen MR) is 79.9 cm³/mol. The first-order valence-electron chi connectivity index (χ1n) is 7.23. The molecule has 0 saturated heterocycles. The van der Waals surface area contributed by atoms with Crippen molar-refractivity contribution in [3.8, 4) is 5.69 Å². The van der Waals surface area contributed by atoms with E-state index >= 15 is 0 Å². The van der Waals surface area contributed by atoms with Crippen LogP contribution in [0.1, 0.15) is 19.3 Å². The molecule has 0 aromatic carbocycles. The van der Waals surface area contributed by atoms with Gasteiger partial charge in [-0.05, 0) is 31.4 Å². The SMILES string of the molecule is NC[C@H]1CCC[C@H]1C(=O)Nc1cnccc1-n1ccnc1. The minimum Gasteiger partial charge on any atom is -0.330 e. The van der Waals surface area contributed by atoms with Gasteiger partial charge in [0.15, 0.2) is 0 Å². The first-order valence-corrected chi connectivity index (χ1v) is 7.23. The molecule has 6 heteroatoms. The third-order valence-electron chi connectivity index (χ3n) is 4.14. The minimum absolute atomic E-state index is 0.00541. The van der Waals surface area contributed by atoms with E-state index in [1.54, 1.807) is 24.9 Å². The number of carbonyl (C=O) groups is 1. The van der Waals surface area contributed by atoms with Crippen molar-refractivity contribution in [1.82, 2.24) is 14.5 Å². The fraction of sp³-hybridized carbons (Fsp3) is 0.400. The summed E-state index contributed by atoms with van der Waals surface area (Å²) in [7, 11) is 0. The molecule has 110 valence electrons. The Balaban J connectivity index is 1.81. The van der Waals surface area contributed by atoms with Gasteiger partial charge in [-0.1, -0.05) is 6.42 Å². The normalized spacial score (nSPS) is 21.4. The van der Waals surface area contributed by atoms with Crippen molar-refractivity contribution in [3.63, 3.8) is 0 Å². The van der Waals surface area contributed by atoms with Crippen molar-refractivity contribution in [3.05, 3.63) is 37.2 Å². The molecule has 21 heavy (non-hydrogen) atoms. The molecule has 2 atom stereocenters. The molecule has 1 amide bonds. The highest BCUT2D eigenvalue weighted by Gasteiger charge is 2.32. The number of anilines is 1. The Morgan fingerprint density at radius 3 is 3.05 bits per heavy atom. The van der Waals surface area contributed by atoms with E-state index in [0.717, 1.165) is 24.9 Å². The van der Waals surface area contributed by atoms with Gasteiger partial charge in [0.1, 0.15) is 0 Å². The molecule has 1 aliphatic carbocycles. The van der Waals surface area contributed by atoms with Gasteiger partial charge in [-0.25, -0.2) is 4.98 Å². The second-order valence-corrected chi connectivity index (χ2v) is 5.39. The summed E-state index contributed by atoms with van der Waals surface area (Å²) in [4.78, 5) is 20.6. The molecule has 3 N–H and O–H groups in total. The average molecular weight is 285 g/mol. The summed E-state index contributed by atoms with van der Waals surface area (Å²) in [5, 5.41) is 3.00. The quantitative estimate of drug-likeness (QED) is 0.893. The van der Waals surface area contributed by atoms with Crippen molar-refractivity contribution in [2.24, 2.45) is 17.6 Å². The van der Waals surface area contributed by atoms with Crippen molar-refractivity contribution >= 4 is 11.6 Å². The van der Waals surface area contributed by atoms with Crippen LogP contribution in [0.5, 0.6) is 0 Å². The molecule has 2 aromatic heterocycles. The second kappa shape index (κ2) is 6.05. The summed E-state index contributed by atoms with van der Waals surface area (Å²) in [6.07, 6.45) is 11.6. The van der Waals surface area contributed by atoms with Crippen LogP contribution in [-0.2, 0) is 4.79 Å². The van der Waals surface area contributed by atoms with E-state index in [-0.39, 0.29) is 11.8 Å². The largest absolute Gasteiger partial charge is 0.330 e. The molecule has 0 spiro atoms. The maximum atomic E-state index is 12.5. The van der Waals surface area contributed by atoms with Crippen LogP contribution in [0.15, 0.2) is 37.2 Å². The van der Waals surface area contributed by atoms with Gasteiger partial charge in [0.25, 0.3) is 0 Å². The van der Waals surface area contributed by atoms with Crippen molar-refractivity contribution in [1.29, 1.82) is 0 Å². The molecular weight excluding hydrogens is 266 g/mol. The zero-order valence-electron chi connectivity index (χ0n) is 11.8. The number of nitrogens with two attached hydrogens (primary N) is 1. The van der Waals surface area contributed by atoms with Crippen LogP contribution < -0.4 is 11.1 Å². The second-order valence-electron chi connectivity index (χ2n) is 5.39. The van der Waals surface area contributed by atoms with E-state index in [2.05, 4.69) is 15.3 Å². The van der Waals surface area contributed by atoms with E-state index in [9.17, 15) is 4.79 Å². The minimum atomic E-state index is 0.00541. The summed E-state index contributed by atoms with van der Waals surface area (Å²) in [6, 6.07) is 1.85. The third-order valence-corrected chi connectivity index (χ3v) is 4.14. The molecule has 1 saturated carbocycles. The lowest BCUT2D eigenvalue weighted by atomic mass is 9.95. The summed E-state index contributed by atoms with van der Waals surface area (Å²) >= 11 is 0. The van der Waals surface area contributed by atoms with Crippen molar-refractivity contribution in [2.75, 3.05) is 11.9 Å². The number of nitrogens with zero attached hydrogens (tertiary/aromatic N) is 3. The van der Waals surface area contributed by atoms with E-state index in [1.807, 2.05) is 16.8 Å². The first-order chi connectivity index (χ1) is 10.3. The monoisotopic (exact) mass is 285 g/mol. The lowest BCUT2D eigenvalue weighted by Crippen LogP contribution is -2.30. The van der Waals surface area contributed by atoms with Crippen LogP contribution in [-0.4, -0.2) is 27.0 Å². The van der Waals surface area contributed by atoms with Crippen LogP contribution >= 0.6 is 0 Å². The Hall–Kier alpha value is -2.21. The highest BCUT2D eigenvalue weighted by molar-refractivity contribution is 5.94. The zero-order chi connectivity index (χ0) is 14.7. The summed E-state index contributed by atoms with van der Waals surface area (Å²) in [5.41, 5.74) is 7.31. The van der Waals surface area contributed by atoms with E-state index in [4.69, 9.17) is 5.73 Å². The van der Waals surface area contributed by atoms with Crippen molar-refractivity contribution < 1.29 is 4.79 Å². The third kappa shape index (κ3) is 2.80. The van der Waals surface area contributed by atoms with E-state index in [0.29, 0.717) is 18.2 Å². The number of nitrogens with one attached hydrogen (secondary N) is 1. The molecule has 6 nitrogen and oxygen atoms in total. The Bertz CT molecular complexity index is 610. The Morgan fingerprint density at radius 2 is 2.29 bits per heavy atom. The number of carbonyl (C=O) groups excluding carboxylic acids is 1. The zero-order valence-corrected chi connectivity index (χ0v) is 11.8. The van der Waals surface area contributed by atoms with Gasteiger partial charge in [0.2, 0.25) is 5.91 Å². The summed E-state index contributed by atoms with van der Waals surface area (Å²) < 4.78 is 1.85. The Labute approximate surface area is 123 Å². The van der Waals surface area contributed by atoms with Crippen LogP contribution in [0.25, 0.3) is 5.69 Å². The van der Waals surface area contributed by atoms with E-state index < -0.39 is 0 Å². The number of imidazole rings is 1. The average Bonchev–Trinajstić information content (AvgIpc) is 3.19. The van der Waals surface area contributed by atoms with Gasteiger partial charge >= 0.3 is 0 Å². The van der Waals surface area contributed by atoms with Crippen LogP contribution in [0.2, 0.25) is 0 Å². The molecule has 2 aromatic rings. The highest BCUT2D eigenvalue weighted by Crippen LogP contribution is 2.32. The van der Waals surface area contributed by atoms with Crippen LogP contribution in [0.3, 0.4) is 0 Å². The van der Waals surface area contributed by atoms with Gasteiger partial charge in [0.05, 0.1) is 23.9 Å². The number of aromatic nitrogens is 3. The molecule has 1 aliphatic rings. The fourth-order valence-corrected chi connectivity index (χ4v) is 3.00. The Kier molecular flexibility index (Phi) is 3.96. The topological polar surface area (TPSA) is 85.8 Å². The number of pyridine rings is 1. The molecule has 1 fully saturated rings. The molecule has 0 aliphatic heterocycles. The summed E-state index contributed by atoms with van der Waals surface area (Å²) in [6.45, 7) is 0.569. The Morgan fingerprint density at radius 1 is 1.38 bits per heavy atom. The number of hydrogen-bond acceptors (Lipinski definition) is 4. The molecule has 0 radical (unpaired) electrons. The van der Waals surface area contributed by atoms with Crippen molar-refractivity contribution in [2.45, 2.75) is 19.3 Å².